The van der Waals surface area contributed by atoms with Crippen LogP contribution in [0, 0.1) is 0 Å². The van der Waals surface area contributed by atoms with Crippen LogP contribution in [0.2, 0.25) is 0 Å². The molecule has 0 spiro atoms. The minimum absolute atomic E-state index is 0.0780. The molecule has 2 fully saturated rings. The topological polar surface area (TPSA) is 102 Å². The van der Waals surface area contributed by atoms with E-state index in [9.17, 15) is 21.6 Å². The van der Waals surface area contributed by atoms with Crippen LogP contribution in [0.25, 0.3) is 11.3 Å². The van der Waals surface area contributed by atoms with E-state index < -0.39 is 39.3 Å². The Kier molecular flexibility index (Phi) is 8.10. The van der Waals surface area contributed by atoms with Gasteiger partial charge in [-0.15, -0.1) is 0 Å². The number of likely N-dealkylation sites (tertiary alicyclic amines) is 1. The molecule has 1 saturated heterocycles. The van der Waals surface area contributed by atoms with Crippen molar-refractivity contribution in [2.24, 2.45) is 7.05 Å². The normalized spacial score (nSPS) is 16.9. The van der Waals surface area contributed by atoms with E-state index in [2.05, 4.69) is 31.7 Å². The molecule has 1 aliphatic carbocycles. The smallest absolute Gasteiger partial charge is 0.423 e. The van der Waals surface area contributed by atoms with E-state index in [0.717, 1.165) is 62.5 Å². The zero-order valence-corrected chi connectivity index (χ0v) is 25.2. The summed E-state index contributed by atoms with van der Waals surface area (Å²) >= 11 is 0. The first-order chi connectivity index (χ1) is 21.0. The van der Waals surface area contributed by atoms with Crippen molar-refractivity contribution in [1.29, 1.82) is 0 Å². The number of anilines is 1. The van der Waals surface area contributed by atoms with Gasteiger partial charge in [0.15, 0.2) is 0 Å². The lowest BCUT2D eigenvalue weighted by Gasteiger charge is -2.29. The summed E-state index contributed by atoms with van der Waals surface area (Å²) < 4.78 is 80.3. The molecule has 6 rings (SSSR count). The number of nitrogens with zero attached hydrogens (tertiary/aromatic N) is 5. The lowest BCUT2D eigenvalue weighted by Crippen LogP contribution is -2.29. The number of aromatic nitrogens is 4. The Bertz CT molecular complexity index is 1750. The van der Waals surface area contributed by atoms with Crippen molar-refractivity contribution in [2.75, 3.05) is 24.9 Å². The Balaban J connectivity index is 1.44. The van der Waals surface area contributed by atoms with Gasteiger partial charge in [0.05, 0.1) is 11.9 Å². The molecule has 1 aliphatic heterocycles. The van der Waals surface area contributed by atoms with Crippen molar-refractivity contribution >= 4 is 16.0 Å². The summed E-state index contributed by atoms with van der Waals surface area (Å²) in [6, 6.07) is 13.8. The molecular formula is C31H33F3N6O3S. The maximum atomic E-state index is 14.9. The van der Waals surface area contributed by atoms with Gasteiger partial charge in [-0.1, -0.05) is 42.8 Å². The summed E-state index contributed by atoms with van der Waals surface area (Å²) in [6.07, 6.45) is 2.13. The van der Waals surface area contributed by atoms with Crippen LogP contribution in [0.4, 0.5) is 19.1 Å². The van der Waals surface area contributed by atoms with Crippen molar-refractivity contribution in [1.82, 2.24) is 24.6 Å². The highest BCUT2D eigenvalue weighted by Crippen LogP contribution is 2.47. The van der Waals surface area contributed by atoms with Crippen molar-refractivity contribution in [2.45, 2.75) is 55.0 Å². The fourth-order valence-corrected chi connectivity index (χ4v) is 6.70. The van der Waals surface area contributed by atoms with Gasteiger partial charge in [0.1, 0.15) is 16.2 Å². The van der Waals surface area contributed by atoms with E-state index in [-0.39, 0.29) is 22.1 Å². The molecule has 0 radical (unpaired) electrons. The predicted molar refractivity (Wildman–Crippen MR) is 159 cm³/mol. The van der Waals surface area contributed by atoms with Gasteiger partial charge in [-0.05, 0) is 80.9 Å². The Morgan fingerprint density at radius 3 is 2.25 bits per heavy atom. The molecule has 0 atom stereocenters. The van der Waals surface area contributed by atoms with Crippen LogP contribution in [0.15, 0.2) is 65.8 Å². The van der Waals surface area contributed by atoms with Crippen molar-refractivity contribution < 1.29 is 26.3 Å². The number of piperidine rings is 1. The molecule has 0 amide bonds. The third-order valence-electron chi connectivity index (χ3n) is 8.42. The molecule has 2 aromatic carbocycles. The largest absolute Gasteiger partial charge is 0.438 e. The first-order valence-electron chi connectivity index (χ1n) is 14.5. The summed E-state index contributed by atoms with van der Waals surface area (Å²) in [5.41, 5.74) is 0.447. The van der Waals surface area contributed by atoms with Gasteiger partial charge in [0.2, 0.25) is 11.8 Å². The Morgan fingerprint density at radius 1 is 0.932 bits per heavy atom. The maximum absolute atomic E-state index is 14.9. The summed E-state index contributed by atoms with van der Waals surface area (Å²) in [5.74, 6) is -0.757. The molecule has 0 unspecified atom stereocenters. The third-order valence-corrected chi connectivity index (χ3v) is 9.70. The van der Waals surface area contributed by atoms with E-state index in [4.69, 9.17) is 4.74 Å². The average molecular weight is 627 g/mol. The van der Waals surface area contributed by atoms with Gasteiger partial charge in [-0.2, -0.15) is 23.3 Å². The minimum Gasteiger partial charge on any atom is -0.438 e. The number of ether oxygens (including phenoxy) is 1. The van der Waals surface area contributed by atoms with Crippen molar-refractivity contribution in [3.8, 4) is 22.9 Å². The molecule has 13 heteroatoms. The molecule has 1 saturated carbocycles. The fraction of sp³-hybridized carbons (Fsp3) is 0.387. The quantitative estimate of drug-likeness (QED) is 0.236. The highest BCUT2D eigenvalue weighted by Gasteiger charge is 2.42. The lowest BCUT2D eigenvalue weighted by atomic mass is 9.77. The standard InChI is InChI=1S/C31H33F3N6O3S/c1-39-16-14-21(15-17-39)20-10-12-23(13-11-20)43-29-27(31(32,33)34)28(26-9-4-3-8-25(26)22-6-5-7-22)36-30(37-29)38-44(41,42)24-18-35-40(2)19-24/h3-4,8-13,18-19,21-22H,5-7,14-17H2,1-2H3,(H,36,37,38). The Hall–Kier alpha value is -3.97. The van der Waals surface area contributed by atoms with Gasteiger partial charge in [0.25, 0.3) is 10.0 Å². The lowest BCUT2D eigenvalue weighted by molar-refractivity contribution is -0.138. The maximum Gasteiger partial charge on any atom is 0.423 e. The second-order valence-corrected chi connectivity index (χ2v) is 13.2. The molecule has 2 aromatic heterocycles. The van der Waals surface area contributed by atoms with Gasteiger partial charge >= 0.3 is 6.18 Å². The highest BCUT2D eigenvalue weighted by atomic mass is 32.2. The molecule has 4 aromatic rings. The van der Waals surface area contributed by atoms with Crippen LogP contribution in [0.5, 0.6) is 11.6 Å². The molecule has 44 heavy (non-hydrogen) atoms. The number of halogens is 3. The number of alkyl halides is 3. The molecular weight excluding hydrogens is 593 g/mol. The molecule has 1 N–H and O–H groups in total. The van der Waals surface area contributed by atoms with Gasteiger partial charge in [-0.3, -0.25) is 4.68 Å². The van der Waals surface area contributed by atoms with Crippen LogP contribution in [-0.4, -0.2) is 53.2 Å². The van der Waals surface area contributed by atoms with E-state index >= 15 is 0 Å². The fourth-order valence-electron chi connectivity index (χ4n) is 5.78. The molecule has 2 aliphatic rings. The van der Waals surface area contributed by atoms with Crippen molar-refractivity contribution in [3.63, 3.8) is 0 Å². The van der Waals surface area contributed by atoms with Crippen LogP contribution in [0.3, 0.4) is 0 Å². The molecule has 0 bridgehead atoms. The van der Waals surface area contributed by atoms with Crippen molar-refractivity contribution in [3.05, 3.63) is 77.6 Å². The van der Waals surface area contributed by atoms with E-state index in [1.54, 1.807) is 43.4 Å². The Labute approximate surface area is 254 Å². The van der Waals surface area contributed by atoms with Crippen LogP contribution in [0.1, 0.15) is 60.6 Å². The Morgan fingerprint density at radius 2 is 1.64 bits per heavy atom. The van der Waals surface area contributed by atoms with E-state index in [1.165, 1.54) is 10.9 Å². The first-order valence-corrected chi connectivity index (χ1v) is 16.0. The number of sulfonamides is 1. The van der Waals surface area contributed by atoms with Gasteiger partial charge in [0, 0.05) is 18.8 Å². The number of benzene rings is 2. The number of nitrogens with one attached hydrogen (secondary N) is 1. The number of aryl methyl sites for hydroxylation is 1. The summed E-state index contributed by atoms with van der Waals surface area (Å²) in [5, 5.41) is 3.88. The summed E-state index contributed by atoms with van der Waals surface area (Å²) in [4.78, 5) is 10.2. The van der Waals surface area contributed by atoms with Crippen LogP contribution < -0.4 is 9.46 Å². The monoisotopic (exact) mass is 626 g/mol. The zero-order chi connectivity index (χ0) is 31.1. The number of rotatable bonds is 8. The second-order valence-electron chi connectivity index (χ2n) is 11.5. The molecule has 3 heterocycles. The van der Waals surface area contributed by atoms with Crippen LogP contribution in [-0.2, 0) is 23.2 Å². The zero-order valence-electron chi connectivity index (χ0n) is 24.4. The minimum atomic E-state index is -4.91. The molecule has 9 nitrogen and oxygen atoms in total. The average Bonchev–Trinajstić information content (AvgIpc) is 3.40. The predicted octanol–water partition coefficient (Wildman–Crippen LogP) is 6.57. The second kappa shape index (κ2) is 11.8. The molecule has 232 valence electrons. The highest BCUT2D eigenvalue weighted by molar-refractivity contribution is 7.92. The SMILES string of the molecule is CN1CCC(c2ccc(Oc3nc(NS(=O)(=O)c4cnn(C)c4)nc(-c4ccccc4C4CCC4)c3C(F)(F)F)cc2)CC1. The van der Waals surface area contributed by atoms with Crippen LogP contribution >= 0.6 is 0 Å². The van der Waals surface area contributed by atoms with E-state index in [1.807, 2.05) is 12.1 Å². The summed E-state index contributed by atoms with van der Waals surface area (Å²) in [7, 11) is -0.641. The first kappa shape index (κ1) is 30.1. The number of hydrogen-bond acceptors (Lipinski definition) is 7. The third kappa shape index (κ3) is 6.29. The number of hydrogen-bond donors (Lipinski definition) is 1. The van der Waals surface area contributed by atoms with E-state index in [0.29, 0.717) is 5.92 Å². The van der Waals surface area contributed by atoms with Gasteiger partial charge in [-0.25, -0.2) is 18.1 Å². The summed E-state index contributed by atoms with van der Waals surface area (Å²) in [6.45, 7) is 1.95. The van der Waals surface area contributed by atoms with Gasteiger partial charge < -0.3 is 9.64 Å².